The Morgan fingerprint density at radius 2 is 1.71 bits per heavy atom. The average Bonchev–Trinajstić information content (AvgIpc) is 3.55. The van der Waals surface area contributed by atoms with Crippen molar-refractivity contribution >= 4 is 28.3 Å². The van der Waals surface area contributed by atoms with Gasteiger partial charge in [0.2, 0.25) is 0 Å². The molecule has 6 rings (SSSR count). The molecule has 0 radical (unpaired) electrons. The number of benzene rings is 1. The van der Waals surface area contributed by atoms with Crippen molar-refractivity contribution in [2.75, 3.05) is 30.4 Å². The Labute approximate surface area is 205 Å². The van der Waals surface area contributed by atoms with Crippen LogP contribution < -0.4 is 10.2 Å². The number of aromatic nitrogens is 5. The summed E-state index contributed by atoms with van der Waals surface area (Å²) in [6.45, 7) is 6.18. The van der Waals surface area contributed by atoms with Gasteiger partial charge >= 0.3 is 0 Å². The van der Waals surface area contributed by atoms with E-state index in [4.69, 9.17) is 24.8 Å². The topological polar surface area (TPSA) is 80.5 Å². The highest BCUT2D eigenvalue weighted by atomic mass is 16.5. The number of ether oxygens (including phenoxy) is 1. The number of hydrogen-bond acceptors (Lipinski definition) is 7. The van der Waals surface area contributed by atoms with Crippen molar-refractivity contribution in [2.24, 2.45) is 0 Å². The van der Waals surface area contributed by atoms with E-state index in [9.17, 15) is 0 Å². The van der Waals surface area contributed by atoms with Crippen LogP contribution >= 0.6 is 0 Å². The van der Waals surface area contributed by atoms with E-state index < -0.39 is 0 Å². The third-order valence-corrected chi connectivity index (χ3v) is 7.44. The fourth-order valence-electron chi connectivity index (χ4n) is 5.44. The quantitative estimate of drug-likeness (QED) is 0.442. The van der Waals surface area contributed by atoms with Crippen molar-refractivity contribution < 1.29 is 4.74 Å². The molecule has 1 aromatic carbocycles. The minimum atomic E-state index is 0.375. The van der Waals surface area contributed by atoms with Gasteiger partial charge in [-0.1, -0.05) is 6.07 Å². The van der Waals surface area contributed by atoms with Crippen LogP contribution in [0.4, 0.5) is 11.6 Å². The van der Waals surface area contributed by atoms with Gasteiger partial charge in [-0.3, -0.25) is 0 Å². The van der Waals surface area contributed by atoms with Crippen LogP contribution in [0.25, 0.3) is 28.1 Å². The van der Waals surface area contributed by atoms with Crippen LogP contribution in [-0.4, -0.2) is 56.9 Å². The van der Waals surface area contributed by atoms with Crippen LogP contribution in [0.1, 0.15) is 49.8 Å². The van der Waals surface area contributed by atoms with Gasteiger partial charge in [0.1, 0.15) is 23.0 Å². The third kappa shape index (κ3) is 4.31. The van der Waals surface area contributed by atoms with Crippen molar-refractivity contribution in [3.8, 4) is 11.4 Å². The van der Waals surface area contributed by atoms with Crippen LogP contribution in [-0.2, 0) is 4.74 Å². The molecule has 2 fully saturated rings. The number of anilines is 2. The lowest BCUT2D eigenvalue weighted by atomic mass is 9.93. The number of nitrogens with zero attached hydrogens (tertiary/aromatic N) is 6. The maximum Gasteiger partial charge on any atom is 0.160 e. The Morgan fingerprint density at radius 3 is 2.49 bits per heavy atom. The van der Waals surface area contributed by atoms with E-state index in [2.05, 4.69) is 35.3 Å². The molecule has 2 aliphatic rings. The molecule has 1 aliphatic carbocycles. The first kappa shape index (κ1) is 22.2. The summed E-state index contributed by atoms with van der Waals surface area (Å²) in [4.78, 5) is 17.1. The Hall–Kier alpha value is -3.26. The molecule has 4 heterocycles. The maximum absolute atomic E-state index is 5.57. The number of fused-ring (bicyclic) bond motifs is 2. The van der Waals surface area contributed by atoms with E-state index in [1.807, 2.05) is 30.7 Å². The summed E-state index contributed by atoms with van der Waals surface area (Å²) in [5.41, 5.74) is 6.28. The van der Waals surface area contributed by atoms with Gasteiger partial charge in [-0.25, -0.2) is 15.0 Å². The molecule has 1 saturated carbocycles. The molecule has 8 nitrogen and oxygen atoms in total. The van der Waals surface area contributed by atoms with Crippen LogP contribution in [0.5, 0.6) is 0 Å². The molecule has 182 valence electrons. The van der Waals surface area contributed by atoms with Gasteiger partial charge in [-0.15, -0.1) is 0 Å². The Bertz CT molecular complexity index is 1370. The van der Waals surface area contributed by atoms with Crippen molar-refractivity contribution in [3.63, 3.8) is 0 Å². The summed E-state index contributed by atoms with van der Waals surface area (Å²) in [5.74, 6) is 2.01. The van der Waals surface area contributed by atoms with Gasteiger partial charge < -0.3 is 15.0 Å². The van der Waals surface area contributed by atoms with E-state index >= 15 is 0 Å². The molecule has 1 aliphatic heterocycles. The van der Waals surface area contributed by atoms with E-state index in [1.54, 1.807) is 0 Å². The molecule has 0 atom stereocenters. The van der Waals surface area contributed by atoms with Crippen LogP contribution in [0.2, 0.25) is 0 Å². The largest absolute Gasteiger partial charge is 0.381 e. The first-order valence-corrected chi connectivity index (χ1v) is 12.8. The van der Waals surface area contributed by atoms with Gasteiger partial charge in [0.15, 0.2) is 5.65 Å². The van der Waals surface area contributed by atoms with E-state index in [0.29, 0.717) is 12.1 Å². The van der Waals surface area contributed by atoms with Crippen LogP contribution in [0, 0.1) is 13.8 Å². The van der Waals surface area contributed by atoms with E-state index in [-0.39, 0.29) is 0 Å². The molecule has 1 N–H and O–H groups in total. The van der Waals surface area contributed by atoms with Crippen LogP contribution in [0.15, 0.2) is 30.3 Å². The second kappa shape index (κ2) is 9.07. The lowest BCUT2D eigenvalue weighted by Crippen LogP contribution is -2.30. The van der Waals surface area contributed by atoms with Gasteiger partial charge in [-0.2, -0.15) is 9.61 Å². The molecule has 0 spiro atoms. The fourth-order valence-corrected chi connectivity index (χ4v) is 5.44. The Morgan fingerprint density at radius 1 is 0.914 bits per heavy atom. The highest BCUT2D eigenvalue weighted by Gasteiger charge is 2.24. The second-order valence-electron chi connectivity index (χ2n) is 10.00. The van der Waals surface area contributed by atoms with Crippen molar-refractivity contribution in [2.45, 2.75) is 64.5 Å². The number of methoxy groups -OCH3 is 1. The summed E-state index contributed by atoms with van der Waals surface area (Å²) >= 11 is 0. The Kier molecular flexibility index (Phi) is 5.76. The second-order valence-corrected chi connectivity index (χ2v) is 10.00. The summed E-state index contributed by atoms with van der Waals surface area (Å²) in [5, 5.41) is 8.77. The van der Waals surface area contributed by atoms with Gasteiger partial charge in [0.25, 0.3) is 0 Å². The Balaban J connectivity index is 1.41. The molecular weight excluding hydrogens is 438 g/mol. The maximum atomic E-state index is 5.57. The molecule has 4 aromatic rings. The van der Waals surface area contributed by atoms with Gasteiger partial charge in [0.05, 0.1) is 22.8 Å². The van der Waals surface area contributed by atoms with Crippen molar-refractivity contribution in [1.82, 2.24) is 24.6 Å². The summed E-state index contributed by atoms with van der Waals surface area (Å²) in [7, 11) is 1.82. The zero-order valence-electron chi connectivity index (χ0n) is 20.8. The fraction of sp³-hybridized carbons (Fsp3) is 0.481. The first-order chi connectivity index (χ1) is 17.1. The lowest BCUT2D eigenvalue weighted by Gasteiger charge is -2.29. The predicted molar refractivity (Wildman–Crippen MR) is 139 cm³/mol. The minimum absolute atomic E-state index is 0.375. The van der Waals surface area contributed by atoms with Crippen LogP contribution in [0.3, 0.4) is 0 Å². The molecule has 0 bridgehead atoms. The van der Waals surface area contributed by atoms with E-state index in [1.165, 1.54) is 18.4 Å². The van der Waals surface area contributed by atoms with E-state index in [0.717, 1.165) is 84.2 Å². The number of nitrogens with one attached hydrogen (secondary N) is 1. The minimum Gasteiger partial charge on any atom is -0.381 e. The molecule has 0 amide bonds. The van der Waals surface area contributed by atoms with Crippen molar-refractivity contribution in [3.05, 3.63) is 41.6 Å². The number of hydrogen-bond donors (Lipinski definition) is 1. The average molecular weight is 472 g/mol. The SMILES string of the molecule is CO[C@H]1CC[C@@H](Nc2cc(N3CCCC3)nc3cc(-c4nc5cc(C)ccc5nc4C)nn23)CC1. The lowest BCUT2D eigenvalue weighted by molar-refractivity contribution is 0.0681. The molecular formula is C27H33N7O. The molecule has 1 saturated heterocycles. The molecule has 0 unspecified atom stereocenters. The number of aryl methyl sites for hydroxylation is 2. The zero-order chi connectivity index (χ0) is 23.9. The first-order valence-electron chi connectivity index (χ1n) is 12.8. The standard InChI is InChI=1S/C27H33N7O/c1-17-6-11-21-22(14-17)30-27(18(2)28-21)23-15-25-31-24(33-12-4-5-13-33)16-26(34(25)32-23)29-19-7-9-20(35-3)10-8-19/h6,11,14-16,19-20,29H,4-5,7-10,12-13H2,1-3H3/t19-,20+. The van der Waals surface area contributed by atoms with Crippen molar-refractivity contribution in [1.29, 1.82) is 0 Å². The highest BCUT2D eigenvalue weighted by Crippen LogP contribution is 2.30. The highest BCUT2D eigenvalue weighted by molar-refractivity contribution is 5.79. The molecule has 3 aromatic heterocycles. The summed E-state index contributed by atoms with van der Waals surface area (Å²) in [6.07, 6.45) is 7.14. The normalized spacial score (nSPS) is 20.7. The van der Waals surface area contributed by atoms with Gasteiger partial charge in [-0.05, 0) is 70.1 Å². The number of rotatable bonds is 5. The monoisotopic (exact) mass is 471 g/mol. The smallest absolute Gasteiger partial charge is 0.160 e. The summed E-state index contributed by atoms with van der Waals surface area (Å²) < 4.78 is 7.52. The molecule has 35 heavy (non-hydrogen) atoms. The predicted octanol–water partition coefficient (Wildman–Crippen LogP) is 4.93. The third-order valence-electron chi connectivity index (χ3n) is 7.44. The zero-order valence-corrected chi connectivity index (χ0v) is 20.8. The van der Waals surface area contributed by atoms with Gasteiger partial charge in [0, 0.05) is 38.4 Å². The summed E-state index contributed by atoms with van der Waals surface area (Å²) in [6, 6.07) is 10.8. The molecule has 8 heteroatoms.